The minimum absolute atomic E-state index is 0.0267. The molecular formula is C40H46N10O8S. The first-order chi connectivity index (χ1) is 28.2. The highest BCUT2D eigenvalue weighted by Gasteiger charge is 2.45. The number of hydrogen-bond donors (Lipinski definition) is 4. The van der Waals surface area contributed by atoms with Gasteiger partial charge in [0.25, 0.3) is 17.7 Å². The van der Waals surface area contributed by atoms with Crippen LogP contribution in [0.25, 0.3) is 0 Å². The summed E-state index contributed by atoms with van der Waals surface area (Å²) in [6.45, 7) is 5.03. The average molecular weight is 827 g/mol. The minimum Gasteiger partial charge on any atom is -0.371 e. The topological polar surface area (TPSA) is 237 Å². The van der Waals surface area contributed by atoms with E-state index < -0.39 is 45.4 Å². The molecule has 2 unspecified atom stereocenters. The maximum absolute atomic E-state index is 13.3. The van der Waals surface area contributed by atoms with Gasteiger partial charge in [-0.3, -0.25) is 39.0 Å². The number of nitrogens with one attached hydrogen (secondary N) is 3. The smallest absolute Gasteiger partial charge is 0.271 e. The van der Waals surface area contributed by atoms with Gasteiger partial charge >= 0.3 is 0 Å². The number of nitrogens with zero attached hydrogens (tertiary/aromatic N) is 6. The van der Waals surface area contributed by atoms with Crippen molar-refractivity contribution in [3.05, 3.63) is 65.5 Å². The van der Waals surface area contributed by atoms with Gasteiger partial charge in [0.05, 0.1) is 28.1 Å². The largest absolute Gasteiger partial charge is 0.371 e. The first-order valence-electron chi connectivity index (χ1n) is 19.8. The van der Waals surface area contributed by atoms with Crippen molar-refractivity contribution in [3.63, 3.8) is 0 Å². The average Bonchev–Trinajstić information content (AvgIpc) is 3.44. The predicted molar refractivity (Wildman–Crippen MR) is 215 cm³/mol. The first kappa shape index (κ1) is 39.9. The summed E-state index contributed by atoms with van der Waals surface area (Å²) in [5.41, 5.74) is 7.42. The summed E-state index contributed by atoms with van der Waals surface area (Å²) < 4.78 is 23.7. The van der Waals surface area contributed by atoms with Crippen LogP contribution in [0, 0.1) is 11.8 Å². The number of likely N-dealkylation sites (tertiary alicyclic amines) is 1. The Balaban J connectivity index is 0.797. The Labute approximate surface area is 340 Å². The predicted octanol–water partition coefficient (Wildman–Crippen LogP) is 1.06. The van der Waals surface area contributed by atoms with Crippen molar-refractivity contribution in [1.82, 2.24) is 30.4 Å². The van der Waals surface area contributed by atoms with Gasteiger partial charge < -0.3 is 31.1 Å². The number of rotatable bonds is 11. The van der Waals surface area contributed by atoms with Gasteiger partial charge in [0, 0.05) is 75.9 Å². The molecular weight excluding hydrogens is 781 g/mol. The number of imide groups is 2. The van der Waals surface area contributed by atoms with Crippen molar-refractivity contribution in [2.45, 2.75) is 55.5 Å². The van der Waals surface area contributed by atoms with Crippen LogP contribution in [-0.2, 0) is 24.2 Å². The highest BCUT2D eigenvalue weighted by molar-refractivity contribution is 7.90. The second-order valence-corrected chi connectivity index (χ2v) is 18.0. The van der Waals surface area contributed by atoms with Gasteiger partial charge in [0.15, 0.2) is 21.3 Å². The Bertz CT molecular complexity index is 2330. The summed E-state index contributed by atoms with van der Waals surface area (Å²) in [6, 6.07) is 10.2. The molecule has 6 heterocycles. The lowest BCUT2D eigenvalue weighted by Crippen LogP contribution is -2.58. The molecule has 310 valence electrons. The van der Waals surface area contributed by atoms with E-state index in [4.69, 9.17) is 5.73 Å². The third-order valence-electron chi connectivity index (χ3n) is 11.9. The highest BCUT2D eigenvalue weighted by atomic mass is 32.2. The molecule has 3 aromatic rings. The Morgan fingerprint density at radius 3 is 2.32 bits per heavy atom. The zero-order chi connectivity index (χ0) is 41.6. The normalized spacial score (nSPS) is 21.9. The number of primary amides is 1. The van der Waals surface area contributed by atoms with Crippen LogP contribution >= 0.6 is 0 Å². The van der Waals surface area contributed by atoms with Crippen LogP contribution in [0.15, 0.2) is 53.6 Å². The first-order valence-corrected chi connectivity index (χ1v) is 21.7. The van der Waals surface area contributed by atoms with E-state index in [2.05, 4.69) is 35.7 Å². The van der Waals surface area contributed by atoms with Crippen LogP contribution < -0.4 is 31.5 Å². The van der Waals surface area contributed by atoms with E-state index in [-0.39, 0.29) is 58.2 Å². The number of anilines is 4. The molecule has 18 nitrogen and oxygen atoms in total. The quantitative estimate of drug-likeness (QED) is 0.198. The zero-order valence-electron chi connectivity index (χ0n) is 32.6. The molecule has 0 bridgehead atoms. The fraction of sp³-hybridized carbons (Fsp3) is 0.450. The fourth-order valence-corrected chi connectivity index (χ4v) is 9.25. The van der Waals surface area contributed by atoms with Crippen LogP contribution in [0.5, 0.6) is 0 Å². The SMILES string of the molecule is CS(=O)(=O)c1ccc(Nc2nc(N3CCCC(NC(=O)C4CN(CC5CCN(c6ccc7c(c6)C(=O)N(C6CCC(=O)NC6=O)C7=O)CC5)C4)C3)cnc2C(N)=O)cc1. The molecule has 6 amide bonds. The van der Waals surface area contributed by atoms with E-state index in [9.17, 15) is 37.2 Å². The van der Waals surface area contributed by atoms with Gasteiger partial charge in [-0.25, -0.2) is 18.4 Å². The third kappa shape index (κ3) is 8.34. The summed E-state index contributed by atoms with van der Waals surface area (Å²) in [7, 11) is -3.38. The molecule has 8 rings (SSSR count). The van der Waals surface area contributed by atoms with E-state index in [0.29, 0.717) is 43.6 Å². The number of carbonyl (C=O) groups is 6. The lowest BCUT2D eigenvalue weighted by molar-refractivity contribution is -0.136. The van der Waals surface area contributed by atoms with Gasteiger partial charge in [-0.1, -0.05) is 0 Å². The van der Waals surface area contributed by atoms with Gasteiger partial charge in [-0.05, 0) is 80.5 Å². The van der Waals surface area contributed by atoms with E-state index in [1.54, 1.807) is 24.3 Å². The summed E-state index contributed by atoms with van der Waals surface area (Å²) in [6.07, 6.45) is 6.30. The number of carbonyl (C=O) groups excluding carboxylic acids is 6. The molecule has 5 aliphatic rings. The summed E-state index contributed by atoms with van der Waals surface area (Å²) in [4.78, 5) is 92.6. The standard InChI is InChI=1S/C40H46N10O8S/c1-59(57,58)28-7-4-25(5-8-28)43-36-34(35(41)52)42-18-32(45-36)49-14-2-3-26(22-49)44-37(53)24-20-47(21-24)19-23-12-15-48(16-13-23)27-6-9-29-30(17-27)40(56)50(39(29)55)31-10-11-33(51)46-38(31)54/h4-9,17-18,23-24,26,31H,2-3,10-16,19-22H2,1H3,(H2,41,52)(H,43,45)(H,44,53)(H,46,51,54). The minimum atomic E-state index is -3.38. The molecule has 4 fully saturated rings. The van der Waals surface area contributed by atoms with Crippen molar-refractivity contribution in [1.29, 1.82) is 0 Å². The van der Waals surface area contributed by atoms with Crippen molar-refractivity contribution in [3.8, 4) is 0 Å². The molecule has 0 aliphatic carbocycles. The van der Waals surface area contributed by atoms with Crippen molar-refractivity contribution >= 4 is 68.3 Å². The Morgan fingerprint density at radius 1 is 0.898 bits per heavy atom. The molecule has 0 spiro atoms. The third-order valence-corrected chi connectivity index (χ3v) is 13.0. The number of amides is 6. The van der Waals surface area contributed by atoms with Crippen LogP contribution in [0.1, 0.15) is 69.7 Å². The number of nitrogens with two attached hydrogens (primary N) is 1. The van der Waals surface area contributed by atoms with E-state index in [1.807, 2.05) is 11.0 Å². The molecule has 2 aromatic carbocycles. The summed E-state index contributed by atoms with van der Waals surface area (Å²) >= 11 is 0. The van der Waals surface area contributed by atoms with Gasteiger partial charge in [0.1, 0.15) is 11.9 Å². The second-order valence-electron chi connectivity index (χ2n) is 16.0. The second kappa shape index (κ2) is 16.0. The van der Waals surface area contributed by atoms with Gasteiger partial charge in [-0.15, -0.1) is 0 Å². The number of piperidine rings is 3. The summed E-state index contributed by atoms with van der Waals surface area (Å²) in [5, 5.41) is 8.50. The zero-order valence-corrected chi connectivity index (χ0v) is 33.4. The van der Waals surface area contributed by atoms with Crippen LogP contribution in [-0.4, -0.2) is 128 Å². The number of sulfone groups is 1. The number of hydrogen-bond acceptors (Lipinski definition) is 14. The maximum atomic E-state index is 13.3. The Hall–Kier alpha value is -5.95. The van der Waals surface area contributed by atoms with Crippen LogP contribution in [0.3, 0.4) is 0 Å². The van der Waals surface area contributed by atoms with Gasteiger partial charge in [-0.2, -0.15) is 0 Å². The van der Waals surface area contributed by atoms with Crippen molar-refractivity contribution in [2.24, 2.45) is 17.6 Å². The van der Waals surface area contributed by atoms with Gasteiger partial charge in [0.2, 0.25) is 17.7 Å². The monoisotopic (exact) mass is 826 g/mol. The summed E-state index contributed by atoms with van der Waals surface area (Å²) in [5.74, 6) is -1.79. The maximum Gasteiger partial charge on any atom is 0.271 e. The molecule has 19 heteroatoms. The van der Waals surface area contributed by atoms with Crippen molar-refractivity contribution < 1.29 is 37.2 Å². The molecule has 0 radical (unpaired) electrons. The lowest BCUT2D eigenvalue weighted by Gasteiger charge is -2.43. The molecule has 0 saturated carbocycles. The fourth-order valence-electron chi connectivity index (χ4n) is 8.62. The molecule has 2 atom stereocenters. The van der Waals surface area contributed by atoms with E-state index >= 15 is 0 Å². The lowest BCUT2D eigenvalue weighted by atomic mass is 9.91. The molecule has 5 aliphatic heterocycles. The van der Waals surface area contributed by atoms with E-state index in [1.165, 1.54) is 18.3 Å². The van der Waals surface area contributed by atoms with Crippen LogP contribution in [0.4, 0.5) is 23.0 Å². The molecule has 5 N–H and O–H groups in total. The Kier molecular flexibility index (Phi) is 10.8. The highest BCUT2D eigenvalue weighted by Crippen LogP contribution is 2.33. The van der Waals surface area contributed by atoms with Crippen molar-refractivity contribution in [2.75, 3.05) is 67.2 Å². The number of fused-ring (bicyclic) bond motifs is 1. The molecule has 1 aromatic heterocycles. The van der Waals surface area contributed by atoms with Crippen LogP contribution in [0.2, 0.25) is 0 Å². The Morgan fingerprint density at radius 2 is 1.63 bits per heavy atom. The molecule has 4 saturated heterocycles. The van der Waals surface area contributed by atoms with E-state index in [0.717, 1.165) is 62.2 Å². The number of benzene rings is 2. The number of aromatic nitrogens is 2. The molecule has 59 heavy (non-hydrogen) atoms.